The number of carbonyl (C=O) groups is 1. The third-order valence-corrected chi connectivity index (χ3v) is 5.42. The van der Waals surface area contributed by atoms with E-state index in [-0.39, 0.29) is 17.7 Å². The summed E-state index contributed by atoms with van der Waals surface area (Å²) in [7, 11) is 0. The van der Waals surface area contributed by atoms with Gasteiger partial charge in [-0.1, -0.05) is 44.5 Å². The number of unbranched alkanes of at least 4 members (excludes halogenated alkanes) is 1. The van der Waals surface area contributed by atoms with E-state index in [0.29, 0.717) is 30.1 Å². The van der Waals surface area contributed by atoms with Gasteiger partial charge in [0, 0.05) is 17.7 Å². The Bertz CT molecular complexity index is 1040. The zero-order chi connectivity index (χ0) is 21.1. The molecule has 1 amide bonds. The van der Waals surface area contributed by atoms with Gasteiger partial charge in [-0.05, 0) is 42.7 Å². The van der Waals surface area contributed by atoms with Gasteiger partial charge in [-0.2, -0.15) is 5.10 Å². The van der Waals surface area contributed by atoms with Crippen molar-refractivity contribution in [1.29, 1.82) is 0 Å². The van der Waals surface area contributed by atoms with Crippen LogP contribution < -0.4 is 4.74 Å². The molecule has 30 heavy (non-hydrogen) atoms. The molecule has 6 nitrogen and oxygen atoms in total. The molecule has 156 valence electrons. The summed E-state index contributed by atoms with van der Waals surface area (Å²) in [5.74, 6) is 0.876. The topological polar surface area (TPSA) is 78.5 Å². The summed E-state index contributed by atoms with van der Waals surface area (Å²) < 4.78 is 5.84. The van der Waals surface area contributed by atoms with E-state index in [4.69, 9.17) is 4.74 Å². The van der Waals surface area contributed by atoms with Gasteiger partial charge in [0.05, 0.1) is 12.6 Å². The average Bonchev–Trinajstić information content (AvgIpc) is 3.30. The van der Waals surface area contributed by atoms with Crippen molar-refractivity contribution in [2.24, 2.45) is 0 Å². The third kappa shape index (κ3) is 3.54. The summed E-state index contributed by atoms with van der Waals surface area (Å²) >= 11 is 0. The molecule has 0 fully saturated rings. The fraction of sp³-hybridized carbons (Fsp3) is 0.333. The molecule has 2 aromatic carbocycles. The maximum atomic E-state index is 13.2. The van der Waals surface area contributed by atoms with Crippen LogP contribution in [0.5, 0.6) is 11.5 Å². The molecule has 0 saturated heterocycles. The van der Waals surface area contributed by atoms with Crippen molar-refractivity contribution in [2.75, 3.05) is 13.2 Å². The summed E-state index contributed by atoms with van der Waals surface area (Å²) in [5.41, 5.74) is 3.51. The Morgan fingerprint density at radius 3 is 2.73 bits per heavy atom. The summed E-state index contributed by atoms with van der Waals surface area (Å²) in [4.78, 5) is 15.1. The normalized spacial score (nSPS) is 15.5. The second-order valence-corrected chi connectivity index (χ2v) is 7.55. The van der Waals surface area contributed by atoms with Crippen LogP contribution in [0.25, 0.3) is 11.3 Å². The number of phenols is 1. The Labute approximate surface area is 176 Å². The van der Waals surface area contributed by atoms with Crippen LogP contribution >= 0.6 is 0 Å². The SMILES string of the molecule is CCCCN1C(=O)c2[nH]nc(-c3ccccc3O)c2[C@H]1c1cccc(OCCC)c1. The largest absolute Gasteiger partial charge is 0.507 e. The Balaban J connectivity index is 1.83. The van der Waals surface area contributed by atoms with E-state index in [0.717, 1.165) is 36.1 Å². The summed E-state index contributed by atoms with van der Waals surface area (Å²) in [6, 6.07) is 14.7. The summed E-state index contributed by atoms with van der Waals surface area (Å²) in [6.07, 6.45) is 2.84. The molecular formula is C24H27N3O3. The lowest BCUT2D eigenvalue weighted by Gasteiger charge is -2.26. The number of aromatic amines is 1. The quantitative estimate of drug-likeness (QED) is 0.558. The highest BCUT2D eigenvalue weighted by Crippen LogP contribution is 2.44. The molecule has 4 rings (SSSR count). The fourth-order valence-corrected chi connectivity index (χ4v) is 3.98. The molecule has 1 aromatic heterocycles. The number of amides is 1. The van der Waals surface area contributed by atoms with Crippen molar-refractivity contribution >= 4 is 5.91 Å². The van der Waals surface area contributed by atoms with E-state index in [1.165, 1.54) is 0 Å². The molecule has 1 aliphatic heterocycles. The van der Waals surface area contributed by atoms with E-state index in [1.807, 2.05) is 41.3 Å². The lowest BCUT2D eigenvalue weighted by molar-refractivity contribution is 0.0741. The molecule has 0 bridgehead atoms. The van der Waals surface area contributed by atoms with Gasteiger partial charge < -0.3 is 14.7 Å². The Morgan fingerprint density at radius 1 is 1.13 bits per heavy atom. The number of carbonyl (C=O) groups excluding carboxylic acids is 1. The van der Waals surface area contributed by atoms with Crippen LogP contribution in [-0.4, -0.2) is 39.3 Å². The van der Waals surface area contributed by atoms with Crippen molar-refractivity contribution < 1.29 is 14.6 Å². The number of ether oxygens (including phenoxy) is 1. The minimum Gasteiger partial charge on any atom is -0.507 e. The number of aromatic nitrogens is 2. The average molecular weight is 405 g/mol. The van der Waals surface area contributed by atoms with Crippen LogP contribution in [0.4, 0.5) is 0 Å². The van der Waals surface area contributed by atoms with Gasteiger partial charge in [0.1, 0.15) is 22.9 Å². The Kier molecular flexibility index (Phi) is 5.74. The number of aromatic hydroxyl groups is 1. The molecule has 2 heterocycles. The lowest BCUT2D eigenvalue weighted by Crippen LogP contribution is -2.30. The first kappa shape index (κ1) is 20.0. The highest BCUT2D eigenvalue weighted by atomic mass is 16.5. The molecule has 1 atom stereocenters. The third-order valence-electron chi connectivity index (χ3n) is 5.42. The van der Waals surface area contributed by atoms with Crippen molar-refractivity contribution in [2.45, 2.75) is 39.2 Å². The van der Waals surface area contributed by atoms with Crippen LogP contribution in [0.15, 0.2) is 48.5 Å². The van der Waals surface area contributed by atoms with E-state index < -0.39 is 0 Å². The summed E-state index contributed by atoms with van der Waals surface area (Å²) in [6.45, 7) is 5.49. The molecular weight excluding hydrogens is 378 g/mol. The minimum absolute atomic E-state index is 0.0579. The first-order valence-corrected chi connectivity index (χ1v) is 10.6. The number of benzene rings is 2. The lowest BCUT2D eigenvalue weighted by atomic mass is 9.95. The van der Waals surface area contributed by atoms with Gasteiger partial charge in [-0.3, -0.25) is 9.89 Å². The second-order valence-electron chi connectivity index (χ2n) is 7.55. The van der Waals surface area contributed by atoms with Gasteiger partial charge in [-0.25, -0.2) is 0 Å². The molecule has 0 saturated carbocycles. The maximum absolute atomic E-state index is 13.2. The minimum atomic E-state index is -0.280. The smallest absolute Gasteiger partial charge is 0.273 e. The predicted molar refractivity (Wildman–Crippen MR) is 116 cm³/mol. The van der Waals surface area contributed by atoms with Crippen molar-refractivity contribution in [3.05, 3.63) is 65.4 Å². The van der Waals surface area contributed by atoms with Crippen LogP contribution in [0.1, 0.15) is 60.8 Å². The van der Waals surface area contributed by atoms with E-state index in [1.54, 1.807) is 12.1 Å². The zero-order valence-corrected chi connectivity index (χ0v) is 17.4. The Morgan fingerprint density at radius 2 is 1.97 bits per heavy atom. The number of nitrogens with one attached hydrogen (secondary N) is 1. The molecule has 6 heteroatoms. The molecule has 0 unspecified atom stereocenters. The van der Waals surface area contributed by atoms with Gasteiger partial charge in [0.15, 0.2) is 0 Å². The number of hydrogen-bond donors (Lipinski definition) is 2. The van der Waals surface area contributed by atoms with Crippen molar-refractivity contribution in [3.8, 4) is 22.8 Å². The standard InChI is InChI=1S/C24H27N3O3/c1-3-5-13-27-23(16-9-8-10-17(15-16)30-14-4-2)20-21(25-26-22(20)24(27)29)18-11-6-7-12-19(18)28/h6-12,15,23,28H,3-5,13-14H2,1-2H3,(H,25,26)/t23-/m1/s1. The number of nitrogens with zero attached hydrogens (tertiary/aromatic N) is 2. The monoisotopic (exact) mass is 405 g/mol. The van der Waals surface area contributed by atoms with Crippen LogP contribution in [0.3, 0.4) is 0 Å². The molecule has 2 N–H and O–H groups in total. The van der Waals surface area contributed by atoms with Gasteiger partial charge in [-0.15, -0.1) is 0 Å². The Hall–Kier alpha value is -3.28. The fourth-order valence-electron chi connectivity index (χ4n) is 3.98. The predicted octanol–water partition coefficient (Wildman–Crippen LogP) is 4.92. The van der Waals surface area contributed by atoms with Crippen molar-refractivity contribution in [1.82, 2.24) is 15.1 Å². The molecule has 0 aliphatic carbocycles. The number of fused-ring (bicyclic) bond motifs is 1. The molecule has 1 aliphatic rings. The van der Waals surface area contributed by atoms with Gasteiger partial charge >= 0.3 is 0 Å². The number of hydrogen-bond acceptors (Lipinski definition) is 4. The van der Waals surface area contributed by atoms with Crippen LogP contribution in [0, 0.1) is 0 Å². The highest BCUT2D eigenvalue weighted by molar-refractivity contribution is 6.00. The van der Waals surface area contributed by atoms with Gasteiger partial charge in [0.25, 0.3) is 5.91 Å². The van der Waals surface area contributed by atoms with Crippen LogP contribution in [0.2, 0.25) is 0 Å². The van der Waals surface area contributed by atoms with Crippen LogP contribution in [-0.2, 0) is 0 Å². The highest BCUT2D eigenvalue weighted by Gasteiger charge is 2.42. The molecule has 0 radical (unpaired) electrons. The van der Waals surface area contributed by atoms with E-state index >= 15 is 0 Å². The maximum Gasteiger partial charge on any atom is 0.273 e. The number of rotatable bonds is 8. The number of phenolic OH excluding ortho intramolecular Hbond substituents is 1. The number of para-hydroxylation sites is 1. The zero-order valence-electron chi connectivity index (χ0n) is 17.4. The van der Waals surface area contributed by atoms with E-state index in [9.17, 15) is 9.90 Å². The summed E-state index contributed by atoms with van der Waals surface area (Å²) in [5, 5.41) is 17.8. The number of H-pyrrole nitrogens is 1. The molecule has 0 spiro atoms. The second kappa shape index (κ2) is 8.61. The van der Waals surface area contributed by atoms with E-state index in [2.05, 4.69) is 24.0 Å². The van der Waals surface area contributed by atoms with Crippen molar-refractivity contribution in [3.63, 3.8) is 0 Å². The molecule has 3 aromatic rings. The first-order chi connectivity index (χ1) is 14.7. The first-order valence-electron chi connectivity index (χ1n) is 10.6. The van der Waals surface area contributed by atoms with Gasteiger partial charge in [0.2, 0.25) is 0 Å².